The number of hydrogen-bond acceptors (Lipinski definition) is 4. The highest BCUT2D eigenvalue weighted by molar-refractivity contribution is 7.10. The Kier molecular flexibility index (Phi) is 3.73. The summed E-state index contributed by atoms with van der Waals surface area (Å²) >= 11 is 7.78. The molecule has 2 aliphatic heterocycles. The fourth-order valence-corrected chi connectivity index (χ4v) is 4.66. The van der Waals surface area contributed by atoms with Crippen LogP contribution in [-0.2, 0) is 19.5 Å². The van der Waals surface area contributed by atoms with E-state index in [0.29, 0.717) is 5.92 Å². The number of thiophene rings is 1. The van der Waals surface area contributed by atoms with Crippen molar-refractivity contribution in [1.29, 1.82) is 0 Å². The summed E-state index contributed by atoms with van der Waals surface area (Å²) in [5, 5.41) is 11.7. The van der Waals surface area contributed by atoms with Crippen molar-refractivity contribution in [2.24, 2.45) is 0 Å². The van der Waals surface area contributed by atoms with Gasteiger partial charge in [0.1, 0.15) is 11.6 Å². The molecule has 2 aromatic heterocycles. The molecule has 0 spiro atoms. The molecule has 0 saturated carbocycles. The van der Waals surface area contributed by atoms with E-state index in [1.165, 1.54) is 42.3 Å². The normalized spacial score (nSPS) is 22.6. The van der Waals surface area contributed by atoms with E-state index < -0.39 is 0 Å². The first-order chi connectivity index (χ1) is 10.3. The number of aromatic nitrogens is 3. The molecule has 112 valence electrons. The molecule has 2 aliphatic rings. The predicted molar refractivity (Wildman–Crippen MR) is 84.9 cm³/mol. The minimum Gasteiger partial charge on any atom is -0.315 e. The molecule has 4 heterocycles. The molecule has 0 aliphatic carbocycles. The van der Waals surface area contributed by atoms with Crippen molar-refractivity contribution in [3.05, 3.63) is 33.0 Å². The second-order valence-corrected chi connectivity index (χ2v) is 7.47. The van der Waals surface area contributed by atoms with Gasteiger partial charge in [-0.2, -0.15) is 0 Å². The standard InChI is InChI=1S/C15H19ClN4S/c16-12-7-13(21-10-12)9-19-5-1-3-11(8-19)15-18-17-14-4-2-6-20(14)15/h7,10-11H,1-6,8-9H2/t11-/m0/s1. The summed E-state index contributed by atoms with van der Waals surface area (Å²) in [6.07, 6.45) is 4.80. The molecular weight excluding hydrogens is 304 g/mol. The zero-order valence-corrected chi connectivity index (χ0v) is 13.5. The molecule has 0 unspecified atom stereocenters. The highest BCUT2D eigenvalue weighted by Crippen LogP contribution is 2.30. The maximum absolute atomic E-state index is 6.02. The van der Waals surface area contributed by atoms with E-state index in [1.807, 2.05) is 5.38 Å². The molecule has 2 aromatic rings. The Morgan fingerprint density at radius 3 is 3.10 bits per heavy atom. The van der Waals surface area contributed by atoms with Crippen LogP contribution in [0.4, 0.5) is 0 Å². The van der Waals surface area contributed by atoms with Crippen LogP contribution < -0.4 is 0 Å². The summed E-state index contributed by atoms with van der Waals surface area (Å²) in [6, 6.07) is 2.09. The molecule has 0 radical (unpaired) electrons. The first-order valence-electron chi connectivity index (χ1n) is 7.67. The minimum absolute atomic E-state index is 0.536. The molecular formula is C15H19ClN4S. The van der Waals surface area contributed by atoms with Gasteiger partial charge in [0.2, 0.25) is 0 Å². The van der Waals surface area contributed by atoms with Crippen LogP contribution in [0.2, 0.25) is 5.02 Å². The lowest BCUT2D eigenvalue weighted by molar-refractivity contribution is 0.196. The number of likely N-dealkylation sites (tertiary alicyclic amines) is 1. The number of hydrogen-bond donors (Lipinski definition) is 0. The summed E-state index contributed by atoms with van der Waals surface area (Å²) in [5.41, 5.74) is 0. The Labute approximate surface area is 133 Å². The van der Waals surface area contributed by atoms with Crippen molar-refractivity contribution in [2.75, 3.05) is 13.1 Å². The smallest absolute Gasteiger partial charge is 0.137 e. The predicted octanol–water partition coefficient (Wildman–Crippen LogP) is 3.32. The van der Waals surface area contributed by atoms with Crippen LogP contribution in [0.25, 0.3) is 0 Å². The second kappa shape index (κ2) is 5.71. The number of rotatable bonds is 3. The third kappa shape index (κ3) is 2.74. The van der Waals surface area contributed by atoms with Gasteiger partial charge in [-0.05, 0) is 31.9 Å². The maximum atomic E-state index is 6.02. The van der Waals surface area contributed by atoms with E-state index in [9.17, 15) is 0 Å². The average Bonchev–Trinajstić information content (AvgIpc) is 3.16. The third-order valence-corrected chi connectivity index (χ3v) is 5.78. The van der Waals surface area contributed by atoms with Crippen LogP contribution in [0.5, 0.6) is 0 Å². The van der Waals surface area contributed by atoms with Gasteiger partial charge in [-0.1, -0.05) is 11.6 Å². The monoisotopic (exact) mass is 322 g/mol. The third-order valence-electron chi connectivity index (χ3n) is 4.51. The maximum Gasteiger partial charge on any atom is 0.137 e. The van der Waals surface area contributed by atoms with E-state index in [4.69, 9.17) is 11.6 Å². The largest absolute Gasteiger partial charge is 0.315 e. The minimum atomic E-state index is 0.536. The average molecular weight is 323 g/mol. The lowest BCUT2D eigenvalue weighted by Gasteiger charge is -2.31. The quantitative estimate of drug-likeness (QED) is 0.869. The van der Waals surface area contributed by atoms with E-state index in [1.54, 1.807) is 11.3 Å². The van der Waals surface area contributed by atoms with Crippen molar-refractivity contribution >= 4 is 22.9 Å². The Morgan fingerprint density at radius 1 is 1.29 bits per heavy atom. The van der Waals surface area contributed by atoms with Gasteiger partial charge in [-0.15, -0.1) is 21.5 Å². The molecule has 1 saturated heterocycles. The summed E-state index contributed by atoms with van der Waals surface area (Å²) in [4.78, 5) is 3.89. The van der Waals surface area contributed by atoms with Crippen molar-refractivity contribution in [3.63, 3.8) is 0 Å². The number of nitrogens with zero attached hydrogens (tertiary/aromatic N) is 4. The number of aryl methyl sites for hydroxylation is 1. The van der Waals surface area contributed by atoms with Crippen LogP contribution in [0.1, 0.15) is 41.7 Å². The highest BCUT2D eigenvalue weighted by Gasteiger charge is 2.28. The summed E-state index contributed by atoms with van der Waals surface area (Å²) < 4.78 is 2.36. The van der Waals surface area contributed by atoms with Crippen LogP contribution in [-0.4, -0.2) is 32.8 Å². The van der Waals surface area contributed by atoms with Gasteiger partial charge in [0.25, 0.3) is 0 Å². The van der Waals surface area contributed by atoms with Crippen LogP contribution >= 0.6 is 22.9 Å². The Bertz CT molecular complexity index is 635. The molecule has 21 heavy (non-hydrogen) atoms. The topological polar surface area (TPSA) is 34.0 Å². The van der Waals surface area contributed by atoms with Crippen molar-refractivity contribution in [2.45, 2.75) is 44.7 Å². The molecule has 0 amide bonds. The highest BCUT2D eigenvalue weighted by atomic mass is 35.5. The van der Waals surface area contributed by atoms with E-state index in [0.717, 1.165) is 31.1 Å². The summed E-state index contributed by atoms with van der Waals surface area (Å²) in [7, 11) is 0. The van der Waals surface area contributed by atoms with Gasteiger partial charge in [0.05, 0.1) is 5.02 Å². The summed E-state index contributed by atoms with van der Waals surface area (Å²) in [5.74, 6) is 2.94. The van der Waals surface area contributed by atoms with Gasteiger partial charge in [0.15, 0.2) is 0 Å². The van der Waals surface area contributed by atoms with E-state index in [-0.39, 0.29) is 0 Å². The fraction of sp³-hybridized carbons (Fsp3) is 0.600. The number of halogens is 1. The Morgan fingerprint density at radius 2 is 2.24 bits per heavy atom. The lowest BCUT2D eigenvalue weighted by atomic mass is 9.97. The zero-order valence-electron chi connectivity index (χ0n) is 12.0. The molecule has 4 rings (SSSR count). The van der Waals surface area contributed by atoms with Crippen LogP contribution in [0.15, 0.2) is 11.4 Å². The Hall–Kier alpha value is -0.910. The molecule has 1 atom stereocenters. The van der Waals surface area contributed by atoms with Crippen molar-refractivity contribution < 1.29 is 0 Å². The Balaban J connectivity index is 1.47. The fourth-order valence-electron chi connectivity index (χ4n) is 3.54. The van der Waals surface area contributed by atoms with Crippen LogP contribution in [0.3, 0.4) is 0 Å². The lowest BCUT2D eigenvalue weighted by Crippen LogP contribution is -2.34. The second-order valence-electron chi connectivity index (χ2n) is 6.04. The van der Waals surface area contributed by atoms with Gasteiger partial charge < -0.3 is 4.57 Å². The summed E-state index contributed by atoms with van der Waals surface area (Å²) in [6.45, 7) is 4.38. The molecule has 1 fully saturated rings. The van der Waals surface area contributed by atoms with Gasteiger partial charge in [-0.25, -0.2) is 0 Å². The molecule has 0 aromatic carbocycles. The number of piperidine rings is 1. The van der Waals surface area contributed by atoms with Gasteiger partial charge in [-0.3, -0.25) is 4.90 Å². The van der Waals surface area contributed by atoms with Crippen LogP contribution in [0, 0.1) is 0 Å². The molecule has 0 bridgehead atoms. The van der Waals surface area contributed by atoms with Crippen molar-refractivity contribution in [3.8, 4) is 0 Å². The van der Waals surface area contributed by atoms with Gasteiger partial charge in [0, 0.05) is 42.2 Å². The first-order valence-corrected chi connectivity index (χ1v) is 8.92. The zero-order chi connectivity index (χ0) is 14.2. The van der Waals surface area contributed by atoms with E-state index >= 15 is 0 Å². The first kappa shape index (κ1) is 13.7. The number of fused-ring (bicyclic) bond motifs is 1. The SMILES string of the molecule is Clc1csc(CN2CCC[C@H](c3nnc4n3CCC4)C2)c1. The molecule has 4 nitrogen and oxygen atoms in total. The molecule has 6 heteroatoms. The van der Waals surface area contributed by atoms with Gasteiger partial charge >= 0.3 is 0 Å². The van der Waals surface area contributed by atoms with Crippen molar-refractivity contribution in [1.82, 2.24) is 19.7 Å². The molecule has 0 N–H and O–H groups in total. The van der Waals surface area contributed by atoms with E-state index in [2.05, 4.69) is 25.7 Å².